The zero-order valence-electron chi connectivity index (χ0n) is 14.6. The summed E-state index contributed by atoms with van der Waals surface area (Å²) in [7, 11) is -3.62. The van der Waals surface area contributed by atoms with Crippen LogP contribution in [-0.2, 0) is 10.0 Å². The topological polar surface area (TPSA) is 70.6 Å². The SMILES string of the molecule is Cc1ccc(C(=O)N2CCN(S(=O)(=O)c3ccc(Cl)cc3)[C@@H](C)C2)cn1. The van der Waals surface area contributed by atoms with Gasteiger partial charge in [-0.3, -0.25) is 9.78 Å². The maximum atomic E-state index is 12.9. The van der Waals surface area contributed by atoms with Gasteiger partial charge in [-0.1, -0.05) is 11.6 Å². The molecule has 2 aromatic rings. The zero-order valence-corrected chi connectivity index (χ0v) is 16.2. The molecule has 1 aromatic heterocycles. The zero-order chi connectivity index (χ0) is 18.9. The van der Waals surface area contributed by atoms with E-state index in [4.69, 9.17) is 11.6 Å². The third-order valence-corrected chi connectivity index (χ3v) is 6.71. The molecule has 8 heteroatoms. The fourth-order valence-electron chi connectivity index (χ4n) is 3.00. The van der Waals surface area contributed by atoms with Crippen LogP contribution in [0.25, 0.3) is 0 Å². The molecule has 0 saturated carbocycles. The van der Waals surface area contributed by atoms with Gasteiger partial charge < -0.3 is 4.90 Å². The maximum Gasteiger partial charge on any atom is 0.255 e. The Bertz CT molecular complexity index is 898. The van der Waals surface area contributed by atoms with Crippen molar-refractivity contribution < 1.29 is 13.2 Å². The number of carbonyl (C=O) groups excluding carboxylic acids is 1. The van der Waals surface area contributed by atoms with E-state index in [1.807, 2.05) is 6.92 Å². The second kappa shape index (κ2) is 7.34. The Kier molecular flexibility index (Phi) is 5.32. The average molecular weight is 394 g/mol. The predicted molar refractivity (Wildman–Crippen MR) is 99.7 cm³/mol. The first-order chi connectivity index (χ1) is 12.3. The summed E-state index contributed by atoms with van der Waals surface area (Å²) in [5.41, 5.74) is 1.35. The highest BCUT2D eigenvalue weighted by atomic mass is 35.5. The molecule has 0 unspecified atom stereocenters. The molecule has 0 N–H and O–H groups in total. The molecule has 138 valence electrons. The summed E-state index contributed by atoms with van der Waals surface area (Å²) in [5, 5.41) is 0.485. The maximum absolute atomic E-state index is 12.9. The van der Waals surface area contributed by atoms with Crippen LogP contribution in [0.3, 0.4) is 0 Å². The molecule has 0 spiro atoms. The van der Waals surface area contributed by atoms with Crippen molar-refractivity contribution in [1.82, 2.24) is 14.2 Å². The smallest absolute Gasteiger partial charge is 0.255 e. The summed E-state index contributed by atoms with van der Waals surface area (Å²) in [4.78, 5) is 18.7. The highest BCUT2D eigenvalue weighted by molar-refractivity contribution is 7.89. The summed E-state index contributed by atoms with van der Waals surface area (Å²) >= 11 is 5.84. The van der Waals surface area contributed by atoms with Gasteiger partial charge in [0.2, 0.25) is 10.0 Å². The Hall–Kier alpha value is -1.96. The van der Waals surface area contributed by atoms with E-state index >= 15 is 0 Å². The van der Waals surface area contributed by atoms with Gasteiger partial charge in [-0.05, 0) is 50.2 Å². The van der Waals surface area contributed by atoms with Crippen molar-refractivity contribution in [2.45, 2.75) is 24.8 Å². The number of sulfonamides is 1. The molecule has 1 aliphatic heterocycles. The second-order valence-corrected chi connectivity index (χ2v) is 8.69. The molecular formula is C18H20ClN3O3S. The first kappa shape index (κ1) is 18.8. The Morgan fingerprint density at radius 3 is 2.42 bits per heavy atom. The number of aryl methyl sites for hydroxylation is 1. The number of amides is 1. The molecule has 26 heavy (non-hydrogen) atoms. The number of pyridine rings is 1. The molecule has 0 aliphatic carbocycles. The van der Waals surface area contributed by atoms with Gasteiger partial charge in [-0.2, -0.15) is 4.31 Å². The number of piperazine rings is 1. The van der Waals surface area contributed by atoms with E-state index in [0.717, 1.165) is 5.69 Å². The molecule has 1 aliphatic rings. The minimum absolute atomic E-state index is 0.132. The number of hydrogen-bond donors (Lipinski definition) is 0. The molecular weight excluding hydrogens is 374 g/mol. The summed E-state index contributed by atoms with van der Waals surface area (Å²) in [6, 6.07) is 9.32. The van der Waals surface area contributed by atoms with Gasteiger partial charge in [0.25, 0.3) is 5.91 Å². The number of halogens is 1. The lowest BCUT2D eigenvalue weighted by Gasteiger charge is -2.38. The van der Waals surface area contributed by atoms with E-state index in [1.54, 1.807) is 42.3 Å². The molecule has 6 nitrogen and oxygen atoms in total. The fourth-order valence-corrected chi connectivity index (χ4v) is 4.74. The van der Waals surface area contributed by atoms with Crippen molar-refractivity contribution in [3.05, 3.63) is 58.9 Å². The number of rotatable bonds is 3. The Labute approximate surface area is 158 Å². The van der Waals surface area contributed by atoms with Gasteiger partial charge in [0.1, 0.15) is 0 Å². The predicted octanol–water partition coefficient (Wildman–Crippen LogP) is 2.58. The van der Waals surface area contributed by atoms with Gasteiger partial charge >= 0.3 is 0 Å². The lowest BCUT2D eigenvalue weighted by atomic mass is 10.2. The number of nitrogens with zero attached hydrogens (tertiary/aromatic N) is 3. The van der Waals surface area contributed by atoms with Crippen LogP contribution in [0.5, 0.6) is 0 Å². The van der Waals surface area contributed by atoms with Crippen molar-refractivity contribution in [3.63, 3.8) is 0 Å². The van der Waals surface area contributed by atoms with E-state index in [0.29, 0.717) is 23.7 Å². The number of carbonyl (C=O) groups is 1. The largest absolute Gasteiger partial charge is 0.336 e. The minimum atomic E-state index is -3.62. The number of benzene rings is 1. The monoisotopic (exact) mass is 393 g/mol. The third kappa shape index (κ3) is 3.75. The minimum Gasteiger partial charge on any atom is -0.336 e. The lowest BCUT2D eigenvalue weighted by molar-refractivity contribution is 0.0641. The van der Waals surface area contributed by atoms with Gasteiger partial charge in [-0.15, -0.1) is 0 Å². The second-order valence-electron chi connectivity index (χ2n) is 6.36. The quantitative estimate of drug-likeness (QED) is 0.803. The van der Waals surface area contributed by atoms with Gasteiger partial charge in [0.05, 0.1) is 10.5 Å². The Morgan fingerprint density at radius 1 is 1.15 bits per heavy atom. The van der Waals surface area contributed by atoms with Crippen molar-refractivity contribution in [1.29, 1.82) is 0 Å². The molecule has 1 saturated heterocycles. The average Bonchev–Trinajstić information content (AvgIpc) is 2.62. The molecule has 2 heterocycles. The van der Waals surface area contributed by atoms with Crippen LogP contribution in [-0.4, -0.2) is 54.2 Å². The van der Waals surface area contributed by atoms with E-state index in [2.05, 4.69) is 4.98 Å². The van der Waals surface area contributed by atoms with Crippen LogP contribution in [0, 0.1) is 6.92 Å². The molecule has 1 fully saturated rings. The molecule has 3 rings (SSSR count). The van der Waals surface area contributed by atoms with Gasteiger partial charge in [-0.25, -0.2) is 8.42 Å². The standard InChI is InChI=1S/C18H20ClN3O3S/c1-13-3-4-15(11-20-13)18(23)21-9-10-22(14(2)12-21)26(24,25)17-7-5-16(19)6-8-17/h3-8,11,14H,9-10,12H2,1-2H3/t14-/m0/s1. The number of aromatic nitrogens is 1. The van der Waals surface area contributed by atoms with Crippen LogP contribution < -0.4 is 0 Å². The van der Waals surface area contributed by atoms with E-state index in [1.165, 1.54) is 16.4 Å². The van der Waals surface area contributed by atoms with E-state index in [-0.39, 0.29) is 23.4 Å². The number of hydrogen-bond acceptors (Lipinski definition) is 4. The highest BCUT2D eigenvalue weighted by Gasteiger charge is 2.35. The van der Waals surface area contributed by atoms with E-state index < -0.39 is 10.0 Å². The molecule has 0 radical (unpaired) electrons. The summed E-state index contributed by atoms with van der Waals surface area (Å²) in [5.74, 6) is -0.132. The lowest BCUT2D eigenvalue weighted by Crippen LogP contribution is -2.55. The van der Waals surface area contributed by atoms with Crippen molar-refractivity contribution in [2.75, 3.05) is 19.6 Å². The van der Waals surface area contributed by atoms with Crippen LogP contribution in [0.15, 0.2) is 47.5 Å². The van der Waals surface area contributed by atoms with E-state index in [9.17, 15) is 13.2 Å². The van der Waals surface area contributed by atoms with Crippen LogP contribution >= 0.6 is 11.6 Å². The molecule has 0 bridgehead atoms. The summed E-state index contributed by atoms with van der Waals surface area (Å²) in [6.45, 7) is 4.58. The Morgan fingerprint density at radius 2 is 1.85 bits per heavy atom. The first-order valence-electron chi connectivity index (χ1n) is 8.28. The molecule has 1 atom stereocenters. The van der Waals surface area contributed by atoms with Crippen LogP contribution in [0.2, 0.25) is 5.02 Å². The van der Waals surface area contributed by atoms with Gasteiger partial charge in [0, 0.05) is 42.6 Å². The first-order valence-corrected chi connectivity index (χ1v) is 10.1. The third-order valence-electron chi connectivity index (χ3n) is 4.43. The van der Waals surface area contributed by atoms with Crippen molar-refractivity contribution in [3.8, 4) is 0 Å². The Balaban J connectivity index is 1.74. The van der Waals surface area contributed by atoms with Crippen molar-refractivity contribution in [2.24, 2.45) is 0 Å². The van der Waals surface area contributed by atoms with Crippen LogP contribution in [0.4, 0.5) is 0 Å². The summed E-state index contributed by atoms with van der Waals surface area (Å²) in [6.07, 6.45) is 1.55. The highest BCUT2D eigenvalue weighted by Crippen LogP contribution is 2.23. The fraction of sp³-hybridized carbons (Fsp3) is 0.333. The normalized spacial score (nSPS) is 18.7. The van der Waals surface area contributed by atoms with Crippen molar-refractivity contribution >= 4 is 27.5 Å². The van der Waals surface area contributed by atoms with Gasteiger partial charge in [0.15, 0.2) is 0 Å². The molecule has 1 aromatic carbocycles. The van der Waals surface area contributed by atoms with Crippen LogP contribution in [0.1, 0.15) is 23.0 Å². The summed E-state index contributed by atoms with van der Waals surface area (Å²) < 4.78 is 27.2. The molecule has 1 amide bonds.